The zero-order valence-corrected chi connectivity index (χ0v) is 8.05. The minimum Gasteiger partial charge on any atom is -0.337 e. The molecule has 72 valence electrons. The number of likely N-dealkylation sites (N-methyl/N-ethyl adjacent to an activating group) is 1. The molecular formula is C10H16N2O. The van der Waals surface area contributed by atoms with E-state index in [2.05, 4.69) is 11.2 Å². The molecule has 1 fully saturated rings. The Bertz CT molecular complexity index is 215. The smallest absolute Gasteiger partial charge is 0.223 e. The SMILES string of the molecule is C#CCCC(=O)N(CC)C1CNC1. The summed E-state index contributed by atoms with van der Waals surface area (Å²) in [5.41, 5.74) is 0. The summed E-state index contributed by atoms with van der Waals surface area (Å²) in [7, 11) is 0. The van der Waals surface area contributed by atoms with Crippen LogP contribution in [0.4, 0.5) is 0 Å². The van der Waals surface area contributed by atoms with Crippen molar-refractivity contribution in [3.8, 4) is 12.3 Å². The van der Waals surface area contributed by atoms with E-state index in [1.807, 2.05) is 11.8 Å². The molecule has 0 aromatic heterocycles. The lowest BCUT2D eigenvalue weighted by Gasteiger charge is -2.37. The molecule has 0 spiro atoms. The number of hydrogen-bond donors (Lipinski definition) is 1. The molecule has 0 bridgehead atoms. The molecule has 1 aliphatic heterocycles. The number of rotatable bonds is 4. The van der Waals surface area contributed by atoms with Gasteiger partial charge in [-0.15, -0.1) is 12.3 Å². The summed E-state index contributed by atoms with van der Waals surface area (Å²) in [6, 6.07) is 0.398. The van der Waals surface area contributed by atoms with Crippen LogP contribution in [0.15, 0.2) is 0 Å². The van der Waals surface area contributed by atoms with E-state index >= 15 is 0 Å². The molecule has 3 heteroatoms. The average molecular weight is 180 g/mol. The molecule has 0 unspecified atom stereocenters. The Balaban J connectivity index is 2.36. The van der Waals surface area contributed by atoms with Crippen molar-refractivity contribution in [1.82, 2.24) is 10.2 Å². The first-order valence-corrected chi connectivity index (χ1v) is 4.73. The first-order valence-electron chi connectivity index (χ1n) is 4.73. The number of carbonyl (C=O) groups is 1. The molecule has 0 aromatic carbocycles. The number of nitrogens with one attached hydrogen (secondary N) is 1. The van der Waals surface area contributed by atoms with E-state index in [0.717, 1.165) is 19.6 Å². The van der Waals surface area contributed by atoms with Crippen LogP contribution in [0.25, 0.3) is 0 Å². The van der Waals surface area contributed by atoms with E-state index < -0.39 is 0 Å². The van der Waals surface area contributed by atoms with Crippen molar-refractivity contribution in [2.75, 3.05) is 19.6 Å². The highest BCUT2D eigenvalue weighted by atomic mass is 16.2. The van der Waals surface area contributed by atoms with Crippen molar-refractivity contribution < 1.29 is 4.79 Å². The molecule has 1 amide bonds. The maximum Gasteiger partial charge on any atom is 0.223 e. The summed E-state index contributed by atoms with van der Waals surface area (Å²) in [5, 5.41) is 3.15. The summed E-state index contributed by atoms with van der Waals surface area (Å²) in [4.78, 5) is 13.5. The van der Waals surface area contributed by atoms with Crippen LogP contribution >= 0.6 is 0 Å². The quantitative estimate of drug-likeness (QED) is 0.628. The Labute approximate surface area is 79.5 Å². The van der Waals surface area contributed by atoms with Gasteiger partial charge in [-0.05, 0) is 6.92 Å². The summed E-state index contributed by atoms with van der Waals surface area (Å²) < 4.78 is 0. The predicted octanol–water partition coefficient (Wildman–Crippen LogP) is 0.220. The fourth-order valence-electron chi connectivity index (χ4n) is 1.45. The number of nitrogens with zero attached hydrogens (tertiary/aromatic N) is 1. The minimum absolute atomic E-state index is 0.187. The fourth-order valence-corrected chi connectivity index (χ4v) is 1.45. The summed E-state index contributed by atoms with van der Waals surface area (Å²) >= 11 is 0. The number of hydrogen-bond acceptors (Lipinski definition) is 2. The van der Waals surface area contributed by atoms with Gasteiger partial charge in [0, 0.05) is 32.5 Å². The second-order valence-corrected chi connectivity index (χ2v) is 3.20. The molecule has 0 aliphatic carbocycles. The molecule has 1 aliphatic rings. The van der Waals surface area contributed by atoms with Crippen LogP contribution < -0.4 is 5.32 Å². The van der Waals surface area contributed by atoms with Crippen molar-refractivity contribution in [2.24, 2.45) is 0 Å². The zero-order valence-electron chi connectivity index (χ0n) is 8.05. The summed E-state index contributed by atoms with van der Waals surface area (Å²) in [6.07, 6.45) is 6.15. The van der Waals surface area contributed by atoms with Crippen LogP contribution in [0, 0.1) is 12.3 Å². The molecule has 0 radical (unpaired) electrons. The van der Waals surface area contributed by atoms with Gasteiger partial charge >= 0.3 is 0 Å². The van der Waals surface area contributed by atoms with Crippen molar-refractivity contribution in [3.63, 3.8) is 0 Å². The maximum atomic E-state index is 11.6. The third kappa shape index (κ3) is 2.46. The van der Waals surface area contributed by atoms with E-state index in [9.17, 15) is 4.79 Å². The van der Waals surface area contributed by atoms with Gasteiger partial charge in [-0.3, -0.25) is 4.79 Å². The van der Waals surface area contributed by atoms with Gasteiger partial charge in [-0.2, -0.15) is 0 Å². The Morgan fingerprint density at radius 2 is 2.38 bits per heavy atom. The van der Waals surface area contributed by atoms with E-state index in [4.69, 9.17) is 6.42 Å². The molecule has 1 saturated heterocycles. The average Bonchev–Trinajstić information content (AvgIpc) is 2.06. The van der Waals surface area contributed by atoms with Gasteiger partial charge in [0.2, 0.25) is 5.91 Å². The van der Waals surface area contributed by atoms with Crippen LogP contribution in [0.1, 0.15) is 19.8 Å². The minimum atomic E-state index is 0.187. The Kier molecular flexibility index (Phi) is 3.78. The van der Waals surface area contributed by atoms with E-state index in [1.165, 1.54) is 0 Å². The first-order chi connectivity index (χ1) is 6.29. The predicted molar refractivity (Wildman–Crippen MR) is 52.1 cm³/mol. The number of terminal acetylenes is 1. The maximum absolute atomic E-state index is 11.6. The van der Waals surface area contributed by atoms with Crippen molar-refractivity contribution in [3.05, 3.63) is 0 Å². The lowest BCUT2D eigenvalue weighted by molar-refractivity contribution is -0.134. The van der Waals surface area contributed by atoms with Crippen molar-refractivity contribution in [1.29, 1.82) is 0 Å². The zero-order chi connectivity index (χ0) is 9.68. The van der Waals surface area contributed by atoms with Gasteiger partial charge in [0.1, 0.15) is 0 Å². The van der Waals surface area contributed by atoms with Gasteiger partial charge in [0.25, 0.3) is 0 Å². The number of carbonyl (C=O) groups excluding carboxylic acids is 1. The summed E-state index contributed by atoms with van der Waals surface area (Å²) in [6.45, 7) is 4.65. The Hall–Kier alpha value is -1.01. The lowest BCUT2D eigenvalue weighted by atomic mass is 10.1. The lowest BCUT2D eigenvalue weighted by Crippen LogP contribution is -2.58. The standard InChI is InChI=1S/C10H16N2O/c1-3-5-6-10(13)12(4-2)9-7-11-8-9/h1,9,11H,4-8H2,2H3. The highest BCUT2D eigenvalue weighted by molar-refractivity contribution is 5.76. The molecule has 3 nitrogen and oxygen atoms in total. The van der Waals surface area contributed by atoms with Crippen LogP contribution in [-0.4, -0.2) is 36.5 Å². The van der Waals surface area contributed by atoms with Crippen LogP contribution in [0.3, 0.4) is 0 Å². The van der Waals surface area contributed by atoms with E-state index in [0.29, 0.717) is 18.9 Å². The normalized spacial score (nSPS) is 16.0. The molecular weight excluding hydrogens is 164 g/mol. The fraction of sp³-hybridized carbons (Fsp3) is 0.700. The van der Waals surface area contributed by atoms with Gasteiger partial charge in [-0.1, -0.05) is 0 Å². The van der Waals surface area contributed by atoms with Crippen LogP contribution in [0.2, 0.25) is 0 Å². The molecule has 0 atom stereocenters. The van der Waals surface area contributed by atoms with Gasteiger partial charge in [0.15, 0.2) is 0 Å². The van der Waals surface area contributed by atoms with Crippen LogP contribution in [-0.2, 0) is 4.79 Å². The number of amides is 1. The molecule has 1 heterocycles. The topological polar surface area (TPSA) is 32.3 Å². The van der Waals surface area contributed by atoms with E-state index in [1.54, 1.807) is 0 Å². The third-order valence-electron chi connectivity index (χ3n) is 2.34. The second kappa shape index (κ2) is 4.88. The van der Waals surface area contributed by atoms with Crippen LogP contribution in [0.5, 0.6) is 0 Å². The monoisotopic (exact) mass is 180 g/mol. The first kappa shape index (κ1) is 10.1. The highest BCUT2D eigenvalue weighted by Gasteiger charge is 2.26. The van der Waals surface area contributed by atoms with E-state index in [-0.39, 0.29) is 5.91 Å². The van der Waals surface area contributed by atoms with Gasteiger partial charge in [0.05, 0.1) is 6.04 Å². The van der Waals surface area contributed by atoms with Gasteiger partial charge in [-0.25, -0.2) is 0 Å². The highest BCUT2D eigenvalue weighted by Crippen LogP contribution is 2.07. The largest absolute Gasteiger partial charge is 0.337 e. The summed E-state index contributed by atoms with van der Waals surface area (Å²) in [5.74, 6) is 2.68. The third-order valence-corrected chi connectivity index (χ3v) is 2.34. The Morgan fingerprint density at radius 3 is 2.77 bits per heavy atom. The molecule has 1 rings (SSSR count). The second-order valence-electron chi connectivity index (χ2n) is 3.20. The molecule has 1 N–H and O–H groups in total. The van der Waals surface area contributed by atoms with Crippen molar-refractivity contribution >= 4 is 5.91 Å². The molecule has 0 saturated carbocycles. The Morgan fingerprint density at radius 1 is 1.69 bits per heavy atom. The molecule has 0 aromatic rings. The van der Waals surface area contributed by atoms with Gasteiger partial charge < -0.3 is 10.2 Å². The molecule has 13 heavy (non-hydrogen) atoms. The van der Waals surface area contributed by atoms with Crippen molar-refractivity contribution in [2.45, 2.75) is 25.8 Å².